The highest BCUT2D eigenvalue weighted by atomic mass is 35.6. The lowest BCUT2D eigenvalue weighted by Crippen LogP contribution is -2.42. The maximum absolute atomic E-state index is 12.0. The van der Waals surface area contributed by atoms with Crippen LogP contribution in [-0.4, -0.2) is 44.9 Å². The fourth-order valence-electron chi connectivity index (χ4n) is 8.06. The second kappa shape index (κ2) is 13.4. The molecule has 9 heteroatoms. The monoisotopic (exact) mass is 684 g/mol. The summed E-state index contributed by atoms with van der Waals surface area (Å²) in [5.41, 5.74) is 6.60. The number of rotatable bonds is 8. The van der Waals surface area contributed by atoms with Gasteiger partial charge in [-0.15, -0.1) is 0 Å². The molecule has 3 aromatic carbocycles. The van der Waals surface area contributed by atoms with Crippen LogP contribution in [0.2, 0.25) is 0 Å². The van der Waals surface area contributed by atoms with E-state index < -0.39 is 16.0 Å². The lowest BCUT2D eigenvalue weighted by Gasteiger charge is -2.41. The Hall–Kier alpha value is -2.16. The number of likely N-dealkylation sites (tertiary alicyclic amines) is 1. The lowest BCUT2D eigenvalue weighted by molar-refractivity contribution is -0.253. The van der Waals surface area contributed by atoms with Crippen molar-refractivity contribution in [1.29, 1.82) is 0 Å². The Bertz CT molecular complexity index is 1520. The van der Waals surface area contributed by atoms with Crippen LogP contribution >= 0.6 is 34.8 Å². The van der Waals surface area contributed by atoms with Crippen molar-refractivity contribution in [2.75, 3.05) is 13.1 Å². The summed E-state index contributed by atoms with van der Waals surface area (Å²) >= 11 is 17.1. The Balaban J connectivity index is 1.19. The van der Waals surface area contributed by atoms with Gasteiger partial charge in [0.15, 0.2) is 6.29 Å². The quantitative estimate of drug-likeness (QED) is 0.234. The van der Waals surface area contributed by atoms with Crippen LogP contribution in [0, 0.1) is 10.8 Å². The summed E-state index contributed by atoms with van der Waals surface area (Å²) in [4.78, 5) is 14.7. The van der Waals surface area contributed by atoms with Gasteiger partial charge in [0.2, 0.25) is 0 Å². The normalized spacial score (nSPS) is 27.8. The molecule has 0 aromatic heterocycles. The third-order valence-corrected chi connectivity index (χ3v) is 10.2. The summed E-state index contributed by atoms with van der Waals surface area (Å²) in [6, 6.07) is 24.8. The zero-order chi connectivity index (χ0) is 32.7. The molecule has 2 N–H and O–H groups in total. The molecule has 2 bridgehead atoms. The van der Waals surface area contributed by atoms with Crippen LogP contribution in [-0.2, 0) is 27.4 Å². The van der Waals surface area contributed by atoms with E-state index in [1.165, 1.54) is 19.3 Å². The topological polar surface area (TPSA) is 71.0 Å². The number of ether oxygens (including phenoxy) is 2. The maximum atomic E-state index is 12.0. The number of nitrogens with one attached hydrogen (secondary N) is 1. The molecular weight excluding hydrogens is 643 g/mol. The van der Waals surface area contributed by atoms with E-state index >= 15 is 0 Å². The molecule has 1 amide bonds. The average Bonchev–Trinajstić information content (AvgIpc) is 3.26. The van der Waals surface area contributed by atoms with Crippen molar-refractivity contribution in [2.45, 2.75) is 87.9 Å². The highest BCUT2D eigenvalue weighted by Gasteiger charge is 2.50. The number of carbonyl (C=O) groups excluding carboxylic acids is 1. The number of hydrogen-bond donors (Lipinski definition) is 2. The average molecular weight is 686 g/mol. The predicted molar refractivity (Wildman–Crippen MR) is 184 cm³/mol. The van der Waals surface area contributed by atoms with Gasteiger partial charge in [-0.3, -0.25) is 9.69 Å². The third kappa shape index (κ3) is 7.92. The summed E-state index contributed by atoms with van der Waals surface area (Å²) in [6.45, 7) is 9.56. The van der Waals surface area contributed by atoms with Gasteiger partial charge in [-0.1, -0.05) is 122 Å². The second-order valence-electron chi connectivity index (χ2n) is 14.5. The third-order valence-electron chi connectivity index (χ3n) is 9.73. The molecule has 2 heterocycles. The number of benzene rings is 3. The molecule has 0 spiro atoms. The van der Waals surface area contributed by atoms with Gasteiger partial charge in [-0.25, -0.2) is 0 Å². The van der Waals surface area contributed by atoms with Crippen LogP contribution in [0.3, 0.4) is 0 Å². The number of aliphatic hydroxyl groups excluding tert-OH is 1. The Kier molecular flexibility index (Phi) is 9.82. The molecule has 6 rings (SSSR count). The summed E-state index contributed by atoms with van der Waals surface area (Å²) in [6.07, 6.45) is 3.92. The number of hydrogen-bond acceptors (Lipinski definition) is 5. The molecule has 2 saturated heterocycles. The number of fused-ring (bicyclic) bond motifs is 2. The van der Waals surface area contributed by atoms with E-state index in [0.717, 1.165) is 52.9 Å². The molecular formula is C37H43Cl3N2O4. The minimum Gasteiger partial charge on any atom is -0.392 e. The Morgan fingerprint density at radius 1 is 0.935 bits per heavy atom. The summed E-state index contributed by atoms with van der Waals surface area (Å²) in [7, 11) is 0. The Labute approximate surface area is 287 Å². The maximum Gasteiger partial charge on any atom is 0.272 e. The first-order valence-electron chi connectivity index (χ1n) is 16.1. The lowest BCUT2D eigenvalue weighted by atomic mass is 9.65. The fraction of sp³-hybridized carbons (Fsp3) is 0.486. The molecule has 46 heavy (non-hydrogen) atoms. The van der Waals surface area contributed by atoms with E-state index in [1.54, 1.807) is 0 Å². The van der Waals surface area contributed by atoms with E-state index in [9.17, 15) is 9.90 Å². The van der Waals surface area contributed by atoms with Crippen LogP contribution in [0.4, 0.5) is 0 Å². The summed E-state index contributed by atoms with van der Waals surface area (Å²) in [5, 5.41) is 12.2. The van der Waals surface area contributed by atoms with Gasteiger partial charge in [-0.05, 0) is 64.0 Å². The van der Waals surface area contributed by atoms with Gasteiger partial charge in [0.1, 0.15) is 0 Å². The van der Waals surface area contributed by atoms with Crippen molar-refractivity contribution in [3.8, 4) is 11.1 Å². The number of nitrogens with zero attached hydrogens (tertiary/aromatic N) is 1. The molecule has 3 aliphatic rings. The molecule has 0 radical (unpaired) electrons. The zero-order valence-corrected chi connectivity index (χ0v) is 28.9. The molecule has 1 aliphatic carbocycles. The molecule has 5 atom stereocenters. The standard InChI is InChI=1S/C37H43Cl3N2O4/c1-35(2)17-30-18-36(3,22-35)23-42(30)20-31-16-32(27-9-7-24(21-43)8-10-27)46-33(45-31)28-13-11-26(12-14-28)29-6-4-5-25(15-29)19-41-34(44)37(38,39)40/h4-15,30-33,43H,16-23H2,1-3H3,(H,41,44)/t30?,31-,32+,33+,36?/m0/s1. The summed E-state index contributed by atoms with van der Waals surface area (Å²) < 4.78 is 11.4. The van der Waals surface area contributed by atoms with Crippen LogP contribution < -0.4 is 5.32 Å². The smallest absolute Gasteiger partial charge is 0.272 e. The highest BCUT2D eigenvalue weighted by Crippen LogP contribution is 2.53. The number of amides is 1. The Morgan fingerprint density at radius 3 is 2.35 bits per heavy atom. The van der Waals surface area contributed by atoms with E-state index in [0.29, 0.717) is 16.9 Å². The predicted octanol–water partition coefficient (Wildman–Crippen LogP) is 8.28. The van der Waals surface area contributed by atoms with Gasteiger partial charge in [0.25, 0.3) is 9.70 Å². The molecule has 246 valence electrons. The Morgan fingerprint density at radius 2 is 1.65 bits per heavy atom. The number of alkyl halides is 3. The van der Waals surface area contributed by atoms with Gasteiger partial charge >= 0.3 is 0 Å². The van der Waals surface area contributed by atoms with Gasteiger partial charge in [-0.2, -0.15) is 0 Å². The first kappa shape index (κ1) is 33.7. The van der Waals surface area contributed by atoms with E-state index in [2.05, 4.69) is 67.4 Å². The fourth-order valence-corrected chi connectivity index (χ4v) is 8.26. The van der Waals surface area contributed by atoms with Gasteiger partial charge < -0.3 is 19.9 Å². The van der Waals surface area contributed by atoms with Crippen molar-refractivity contribution in [2.24, 2.45) is 10.8 Å². The number of aliphatic hydroxyl groups is 1. The minimum absolute atomic E-state index is 0.0183. The van der Waals surface area contributed by atoms with Crippen LogP contribution in [0.15, 0.2) is 72.8 Å². The van der Waals surface area contributed by atoms with Crippen molar-refractivity contribution in [3.63, 3.8) is 0 Å². The van der Waals surface area contributed by atoms with Crippen molar-refractivity contribution >= 4 is 40.7 Å². The van der Waals surface area contributed by atoms with Crippen molar-refractivity contribution in [1.82, 2.24) is 10.2 Å². The van der Waals surface area contributed by atoms with E-state index in [-0.39, 0.29) is 25.4 Å². The number of halogens is 3. The van der Waals surface area contributed by atoms with Crippen LogP contribution in [0.1, 0.15) is 81.1 Å². The van der Waals surface area contributed by atoms with Crippen LogP contribution in [0.5, 0.6) is 0 Å². The van der Waals surface area contributed by atoms with E-state index in [4.69, 9.17) is 44.3 Å². The minimum atomic E-state index is -2.00. The zero-order valence-electron chi connectivity index (χ0n) is 26.6. The van der Waals surface area contributed by atoms with Crippen molar-refractivity contribution < 1.29 is 19.4 Å². The molecule has 2 unspecified atom stereocenters. The highest BCUT2D eigenvalue weighted by molar-refractivity contribution is 6.76. The van der Waals surface area contributed by atoms with E-state index in [1.807, 2.05) is 36.4 Å². The van der Waals surface area contributed by atoms with Crippen LogP contribution in [0.25, 0.3) is 11.1 Å². The molecule has 2 aliphatic heterocycles. The molecule has 3 fully saturated rings. The largest absolute Gasteiger partial charge is 0.392 e. The second-order valence-corrected chi connectivity index (χ2v) is 16.8. The van der Waals surface area contributed by atoms with Gasteiger partial charge in [0, 0.05) is 37.7 Å². The van der Waals surface area contributed by atoms with Gasteiger partial charge in [0.05, 0.1) is 18.8 Å². The molecule has 6 nitrogen and oxygen atoms in total. The first-order valence-corrected chi connectivity index (χ1v) is 17.2. The summed E-state index contributed by atoms with van der Waals surface area (Å²) in [5.74, 6) is -0.661. The first-order chi connectivity index (χ1) is 21.8. The molecule has 1 saturated carbocycles. The number of carbonyl (C=O) groups is 1. The SMILES string of the molecule is CC1(C)CC2CC(C)(CN2C[C@@H]2C[C@H](c3ccc(CO)cc3)O[C@H](c3ccc(-c4cccc(CNC(=O)C(Cl)(Cl)Cl)c4)cc3)O2)C1. The molecule has 3 aromatic rings. The van der Waals surface area contributed by atoms with Crippen molar-refractivity contribution in [3.05, 3.63) is 95.1 Å².